The average molecular weight is 231 g/mol. The van der Waals surface area contributed by atoms with Crippen LogP contribution in [0.2, 0.25) is 0 Å². The van der Waals surface area contributed by atoms with Gasteiger partial charge in [-0.25, -0.2) is 4.98 Å². The summed E-state index contributed by atoms with van der Waals surface area (Å²) in [6, 6.07) is 8.27. The zero-order valence-corrected chi connectivity index (χ0v) is 10.9. The minimum Gasteiger partial charge on any atom is -0.326 e. The molecule has 2 aromatic rings. The van der Waals surface area contributed by atoms with Crippen LogP contribution < -0.4 is 5.73 Å². The molecule has 17 heavy (non-hydrogen) atoms. The molecule has 0 spiro atoms. The predicted octanol–water partition coefficient (Wildman–Crippen LogP) is 2.73. The van der Waals surface area contributed by atoms with Crippen molar-refractivity contribution in [2.24, 2.45) is 5.73 Å². The third-order valence-electron chi connectivity index (χ3n) is 2.77. The molecule has 1 aromatic heterocycles. The van der Waals surface area contributed by atoms with Gasteiger partial charge in [0, 0.05) is 18.5 Å². The summed E-state index contributed by atoms with van der Waals surface area (Å²) in [6.07, 6.45) is 2.11. The molecule has 2 N–H and O–H groups in total. The number of benzene rings is 1. The van der Waals surface area contributed by atoms with Gasteiger partial charge in [0.2, 0.25) is 0 Å². The average Bonchev–Trinajstić information content (AvgIpc) is 2.56. The predicted molar refractivity (Wildman–Crippen MR) is 72.0 cm³/mol. The molecule has 0 amide bonds. The van der Waals surface area contributed by atoms with E-state index in [-0.39, 0.29) is 5.54 Å². The van der Waals surface area contributed by atoms with E-state index in [0.29, 0.717) is 0 Å². The second-order valence-corrected chi connectivity index (χ2v) is 5.34. The van der Waals surface area contributed by atoms with Crippen molar-refractivity contribution >= 4 is 11.0 Å². The number of rotatable bonds is 4. The van der Waals surface area contributed by atoms with Crippen LogP contribution >= 0.6 is 0 Å². The molecule has 1 aromatic carbocycles. The van der Waals surface area contributed by atoms with Crippen molar-refractivity contribution in [3.8, 4) is 0 Å². The Labute approximate surface area is 103 Å². The molecule has 0 aliphatic heterocycles. The number of para-hydroxylation sites is 2. The smallest absolute Gasteiger partial charge is 0.109 e. The fourth-order valence-corrected chi connectivity index (χ4v) is 2.12. The van der Waals surface area contributed by atoms with Gasteiger partial charge in [0.25, 0.3) is 0 Å². The number of aryl methyl sites for hydroxylation is 1. The summed E-state index contributed by atoms with van der Waals surface area (Å²) in [7, 11) is 0. The Morgan fingerprint density at radius 1 is 1.29 bits per heavy atom. The van der Waals surface area contributed by atoms with Crippen molar-refractivity contribution in [1.82, 2.24) is 9.55 Å². The van der Waals surface area contributed by atoms with Gasteiger partial charge in [-0.2, -0.15) is 0 Å². The Morgan fingerprint density at radius 3 is 2.65 bits per heavy atom. The van der Waals surface area contributed by atoms with Gasteiger partial charge in [-0.05, 0) is 32.4 Å². The minimum absolute atomic E-state index is 0.216. The van der Waals surface area contributed by atoms with Crippen LogP contribution in [0, 0.1) is 0 Å². The Kier molecular flexibility index (Phi) is 3.20. The minimum atomic E-state index is -0.216. The van der Waals surface area contributed by atoms with Gasteiger partial charge in [-0.15, -0.1) is 0 Å². The van der Waals surface area contributed by atoms with E-state index in [1.54, 1.807) is 0 Å². The highest BCUT2D eigenvalue weighted by Crippen LogP contribution is 2.19. The lowest BCUT2D eigenvalue weighted by Gasteiger charge is -2.21. The van der Waals surface area contributed by atoms with Gasteiger partial charge in [0.1, 0.15) is 5.82 Å². The first-order valence-electron chi connectivity index (χ1n) is 6.24. The quantitative estimate of drug-likeness (QED) is 0.879. The summed E-state index contributed by atoms with van der Waals surface area (Å²) in [5.41, 5.74) is 8.18. The molecular weight excluding hydrogens is 210 g/mol. The molecule has 0 fully saturated rings. The lowest BCUT2D eigenvalue weighted by atomic mass is 10.1. The summed E-state index contributed by atoms with van der Waals surface area (Å²) in [5.74, 6) is 1.15. The number of fused-ring (bicyclic) bond motifs is 1. The molecule has 0 bridgehead atoms. The largest absolute Gasteiger partial charge is 0.326 e. The monoisotopic (exact) mass is 231 g/mol. The number of imidazole rings is 1. The summed E-state index contributed by atoms with van der Waals surface area (Å²) in [5, 5.41) is 0. The van der Waals surface area contributed by atoms with E-state index in [2.05, 4.69) is 43.5 Å². The van der Waals surface area contributed by atoms with Crippen LogP contribution in [0.4, 0.5) is 0 Å². The van der Waals surface area contributed by atoms with E-state index in [4.69, 9.17) is 10.7 Å². The Bertz CT molecular complexity index is 506. The van der Waals surface area contributed by atoms with Gasteiger partial charge in [0.05, 0.1) is 11.0 Å². The van der Waals surface area contributed by atoms with Crippen molar-refractivity contribution < 1.29 is 0 Å². The standard InChI is InChI=1S/C14H21N3/c1-4-7-13-16-11-8-5-6-9-12(11)17(13)10-14(2,3)15/h5-6,8-9H,4,7,10,15H2,1-3H3. The van der Waals surface area contributed by atoms with E-state index in [9.17, 15) is 0 Å². The molecule has 0 aliphatic carbocycles. The molecule has 92 valence electrons. The topological polar surface area (TPSA) is 43.8 Å². The van der Waals surface area contributed by atoms with Crippen molar-refractivity contribution in [1.29, 1.82) is 0 Å². The first-order chi connectivity index (χ1) is 8.01. The first kappa shape index (κ1) is 12.1. The maximum atomic E-state index is 6.13. The van der Waals surface area contributed by atoms with E-state index in [0.717, 1.165) is 30.7 Å². The van der Waals surface area contributed by atoms with Gasteiger partial charge < -0.3 is 10.3 Å². The molecule has 0 atom stereocenters. The van der Waals surface area contributed by atoms with E-state index in [1.165, 1.54) is 5.52 Å². The third kappa shape index (κ3) is 2.67. The van der Waals surface area contributed by atoms with Crippen LogP contribution in [-0.2, 0) is 13.0 Å². The molecule has 2 rings (SSSR count). The molecule has 3 nitrogen and oxygen atoms in total. The van der Waals surface area contributed by atoms with Crippen LogP contribution in [0.3, 0.4) is 0 Å². The van der Waals surface area contributed by atoms with Gasteiger partial charge in [-0.3, -0.25) is 0 Å². The van der Waals surface area contributed by atoms with Crippen molar-refractivity contribution in [2.75, 3.05) is 0 Å². The maximum absolute atomic E-state index is 6.13. The van der Waals surface area contributed by atoms with E-state index >= 15 is 0 Å². The third-order valence-corrected chi connectivity index (χ3v) is 2.77. The lowest BCUT2D eigenvalue weighted by molar-refractivity contribution is 0.431. The number of hydrogen-bond acceptors (Lipinski definition) is 2. The molecule has 3 heteroatoms. The highest BCUT2D eigenvalue weighted by Gasteiger charge is 2.17. The van der Waals surface area contributed by atoms with Gasteiger partial charge in [-0.1, -0.05) is 19.1 Å². The molecule has 0 aliphatic rings. The summed E-state index contributed by atoms with van der Waals surface area (Å²) >= 11 is 0. The highest BCUT2D eigenvalue weighted by molar-refractivity contribution is 5.75. The van der Waals surface area contributed by atoms with Crippen LogP contribution in [0.1, 0.15) is 33.0 Å². The highest BCUT2D eigenvalue weighted by atomic mass is 15.1. The van der Waals surface area contributed by atoms with E-state index < -0.39 is 0 Å². The summed E-state index contributed by atoms with van der Waals surface area (Å²) in [6.45, 7) is 7.09. The summed E-state index contributed by atoms with van der Waals surface area (Å²) < 4.78 is 2.26. The van der Waals surface area contributed by atoms with Crippen molar-refractivity contribution in [3.63, 3.8) is 0 Å². The Hall–Kier alpha value is -1.35. The van der Waals surface area contributed by atoms with Crippen LogP contribution in [0.5, 0.6) is 0 Å². The van der Waals surface area contributed by atoms with Crippen molar-refractivity contribution in [2.45, 2.75) is 45.7 Å². The van der Waals surface area contributed by atoms with Crippen LogP contribution in [0.15, 0.2) is 24.3 Å². The zero-order valence-electron chi connectivity index (χ0n) is 10.9. The van der Waals surface area contributed by atoms with E-state index in [1.807, 2.05) is 6.07 Å². The molecule has 0 saturated heterocycles. The first-order valence-corrected chi connectivity index (χ1v) is 6.24. The molecule has 0 unspecified atom stereocenters. The summed E-state index contributed by atoms with van der Waals surface area (Å²) in [4.78, 5) is 4.69. The SMILES string of the molecule is CCCc1nc2ccccc2n1CC(C)(C)N. The fraction of sp³-hybridized carbons (Fsp3) is 0.500. The lowest BCUT2D eigenvalue weighted by Crippen LogP contribution is -2.37. The van der Waals surface area contributed by atoms with Gasteiger partial charge in [0.15, 0.2) is 0 Å². The molecule has 1 heterocycles. The molecular formula is C14H21N3. The number of nitrogens with two attached hydrogens (primary N) is 1. The zero-order chi connectivity index (χ0) is 12.5. The number of hydrogen-bond donors (Lipinski definition) is 1. The Morgan fingerprint density at radius 2 is 2.00 bits per heavy atom. The number of aromatic nitrogens is 2. The van der Waals surface area contributed by atoms with Crippen LogP contribution in [0.25, 0.3) is 11.0 Å². The number of nitrogens with zero attached hydrogens (tertiary/aromatic N) is 2. The van der Waals surface area contributed by atoms with Crippen molar-refractivity contribution in [3.05, 3.63) is 30.1 Å². The molecule has 0 radical (unpaired) electrons. The normalized spacial score (nSPS) is 12.2. The van der Waals surface area contributed by atoms with Gasteiger partial charge >= 0.3 is 0 Å². The second-order valence-electron chi connectivity index (χ2n) is 5.34. The fourth-order valence-electron chi connectivity index (χ4n) is 2.12. The maximum Gasteiger partial charge on any atom is 0.109 e. The van der Waals surface area contributed by atoms with Crippen LogP contribution in [-0.4, -0.2) is 15.1 Å². The Balaban J connectivity index is 2.51. The second kappa shape index (κ2) is 4.49. The molecule has 0 saturated carbocycles.